The summed E-state index contributed by atoms with van der Waals surface area (Å²) < 4.78 is 37.2. The lowest BCUT2D eigenvalue weighted by atomic mass is 9.97. The molecule has 11 heteroatoms. The molecule has 0 bridgehead atoms. The highest BCUT2D eigenvalue weighted by Gasteiger charge is 2.47. The largest absolute Gasteiger partial charge is 0.389 e. The van der Waals surface area contributed by atoms with Crippen LogP contribution in [0.3, 0.4) is 0 Å². The summed E-state index contributed by atoms with van der Waals surface area (Å²) in [5.74, 6) is -1.09. The van der Waals surface area contributed by atoms with Crippen LogP contribution < -0.4 is 15.6 Å². The van der Waals surface area contributed by atoms with Crippen molar-refractivity contribution in [3.8, 4) is 6.07 Å². The fourth-order valence-corrected chi connectivity index (χ4v) is 4.21. The van der Waals surface area contributed by atoms with Crippen LogP contribution in [0.25, 0.3) is 0 Å². The van der Waals surface area contributed by atoms with Gasteiger partial charge in [0, 0.05) is 36.7 Å². The van der Waals surface area contributed by atoms with Crippen molar-refractivity contribution >= 4 is 23.3 Å². The van der Waals surface area contributed by atoms with Crippen LogP contribution in [-0.2, 0) is 16.0 Å². The third-order valence-corrected chi connectivity index (χ3v) is 5.89. The van der Waals surface area contributed by atoms with E-state index in [2.05, 4.69) is 15.7 Å². The molecule has 2 unspecified atom stereocenters. The number of hydrazine groups is 1. The number of carbonyl (C=O) groups excluding carboxylic acids is 2. The number of alkyl halides is 3. The molecule has 1 aromatic carbocycles. The molecule has 1 aromatic heterocycles. The number of carbonyl (C=O) groups is 2. The molecule has 0 aliphatic carbocycles. The maximum atomic E-state index is 13.5. The minimum atomic E-state index is -4.20. The smallest absolute Gasteiger partial charge is 0.326 e. The van der Waals surface area contributed by atoms with E-state index in [0.717, 1.165) is 0 Å². The van der Waals surface area contributed by atoms with E-state index in [1.807, 2.05) is 6.07 Å². The number of anilines is 2. The average molecular weight is 484 g/mol. The second kappa shape index (κ2) is 9.76. The van der Waals surface area contributed by atoms with Crippen LogP contribution in [0.1, 0.15) is 30.9 Å². The number of nitriles is 1. The zero-order valence-corrected chi connectivity index (χ0v) is 18.8. The predicted octanol–water partition coefficient (Wildman–Crippen LogP) is 3.49. The van der Waals surface area contributed by atoms with Crippen molar-refractivity contribution in [2.24, 2.45) is 5.92 Å². The summed E-state index contributed by atoms with van der Waals surface area (Å²) in [5.41, 5.74) is 5.15. The number of benzene rings is 1. The number of hydrogen-bond donors (Lipinski definition) is 2. The third kappa shape index (κ3) is 5.44. The number of hydrogen-bond acceptors (Lipinski definition) is 6. The van der Waals surface area contributed by atoms with Gasteiger partial charge in [0.1, 0.15) is 11.9 Å². The van der Waals surface area contributed by atoms with Crippen molar-refractivity contribution in [1.29, 1.82) is 5.26 Å². The van der Waals surface area contributed by atoms with Crippen LogP contribution in [0.5, 0.6) is 0 Å². The summed E-state index contributed by atoms with van der Waals surface area (Å²) in [5, 5.41) is 13.4. The van der Waals surface area contributed by atoms with Crippen LogP contribution in [-0.4, -0.2) is 40.6 Å². The first kappa shape index (κ1) is 24.2. The van der Waals surface area contributed by atoms with E-state index in [1.54, 1.807) is 54.5 Å². The molecule has 2 atom stereocenters. The Kier molecular flexibility index (Phi) is 6.75. The first-order valence-electron chi connectivity index (χ1n) is 11.0. The first-order valence-corrected chi connectivity index (χ1v) is 11.0. The molecule has 0 saturated carbocycles. The number of pyridine rings is 1. The number of fused-ring (bicyclic) bond motifs is 1. The van der Waals surface area contributed by atoms with E-state index in [-0.39, 0.29) is 31.2 Å². The Morgan fingerprint density at radius 1 is 1.31 bits per heavy atom. The van der Waals surface area contributed by atoms with E-state index in [4.69, 9.17) is 5.26 Å². The van der Waals surface area contributed by atoms with Crippen molar-refractivity contribution in [3.05, 3.63) is 65.6 Å². The molecule has 1 fully saturated rings. The van der Waals surface area contributed by atoms with Crippen LogP contribution in [0.15, 0.2) is 54.5 Å². The minimum absolute atomic E-state index is 0.0388. The van der Waals surface area contributed by atoms with Gasteiger partial charge in [-0.2, -0.15) is 18.4 Å². The van der Waals surface area contributed by atoms with Crippen molar-refractivity contribution in [3.63, 3.8) is 0 Å². The molecule has 2 aliphatic rings. The Morgan fingerprint density at radius 3 is 2.80 bits per heavy atom. The van der Waals surface area contributed by atoms with Gasteiger partial charge in [-0.05, 0) is 49.6 Å². The summed E-state index contributed by atoms with van der Waals surface area (Å²) in [6.07, 6.45) is -1.69. The number of nitrogens with one attached hydrogen (secondary N) is 2. The van der Waals surface area contributed by atoms with E-state index in [9.17, 15) is 22.8 Å². The number of nitrogens with zero attached hydrogens (tertiary/aromatic N) is 4. The normalized spacial score (nSPS) is 19.7. The van der Waals surface area contributed by atoms with Gasteiger partial charge in [0.15, 0.2) is 0 Å². The van der Waals surface area contributed by atoms with Crippen molar-refractivity contribution in [2.45, 2.75) is 38.4 Å². The number of aryl methyl sites for hydroxylation is 1. The molecule has 2 N–H and O–H groups in total. The second-order valence-electron chi connectivity index (χ2n) is 8.44. The zero-order chi connectivity index (χ0) is 25.2. The Labute approximate surface area is 200 Å². The zero-order valence-electron chi connectivity index (χ0n) is 18.8. The fraction of sp³-hybridized carbons (Fsp3) is 0.333. The van der Waals surface area contributed by atoms with Crippen LogP contribution in [0.2, 0.25) is 0 Å². The third-order valence-electron chi connectivity index (χ3n) is 5.89. The molecule has 35 heavy (non-hydrogen) atoms. The number of allylic oxidation sites excluding steroid dienone is 1. The van der Waals surface area contributed by atoms with Gasteiger partial charge >= 0.3 is 6.18 Å². The molecule has 1 saturated heterocycles. The number of halogens is 3. The molecule has 0 spiro atoms. The van der Waals surface area contributed by atoms with E-state index < -0.39 is 24.6 Å². The second-order valence-corrected chi connectivity index (χ2v) is 8.44. The summed E-state index contributed by atoms with van der Waals surface area (Å²) in [4.78, 5) is 32.2. The Bertz CT molecular complexity index is 1190. The predicted molar refractivity (Wildman–Crippen MR) is 121 cm³/mol. The maximum Gasteiger partial charge on any atom is 0.389 e. The highest BCUT2D eigenvalue weighted by Crippen LogP contribution is 2.31. The van der Waals surface area contributed by atoms with E-state index in [1.165, 1.54) is 11.1 Å². The van der Waals surface area contributed by atoms with Crippen molar-refractivity contribution in [1.82, 2.24) is 15.4 Å². The van der Waals surface area contributed by atoms with Crippen LogP contribution >= 0.6 is 0 Å². The minimum Gasteiger partial charge on any atom is -0.326 e. The van der Waals surface area contributed by atoms with Gasteiger partial charge < -0.3 is 10.3 Å². The Hall–Kier alpha value is -3.91. The number of rotatable bonds is 6. The van der Waals surface area contributed by atoms with Gasteiger partial charge in [0.2, 0.25) is 5.91 Å². The lowest BCUT2D eigenvalue weighted by Crippen LogP contribution is -2.53. The van der Waals surface area contributed by atoms with Gasteiger partial charge in [0.05, 0.1) is 17.6 Å². The van der Waals surface area contributed by atoms with Gasteiger partial charge in [-0.3, -0.25) is 14.5 Å². The van der Waals surface area contributed by atoms with Crippen LogP contribution in [0, 0.1) is 17.2 Å². The van der Waals surface area contributed by atoms with Gasteiger partial charge in [-0.15, -0.1) is 0 Å². The lowest BCUT2D eigenvalue weighted by molar-refractivity contribution is -0.135. The topological polar surface area (TPSA) is 101 Å². The monoisotopic (exact) mass is 484 g/mol. The summed E-state index contributed by atoms with van der Waals surface area (Å²) in [7, 11) is 0. The van der Waals surface area contributed by atoms with Crippen LogP contribution in [0.4, 0.5) is 24.7 Å². The molecule has 0 radical (unpaired) electrons. The summed E-state index contributed by atoms with van der Waals surface area (Å²) in [6.45, 7) is 1.97. The molecule has 182 valence electrons. The Morgan fingerprint density at radius 2 is 2.11 bits per heavy atom. The SMILES string of the molecule is CC1=CN2NCC(C(=O)Nc3cccc(C#N)c3)C2C(=O)N1c1ccc(CCCC(F)(F)F)cn1. The number of aromatic nitrogens is 1. The maximum absolute atomic E-state index is 13.5. The highest BCUT2D eigenvalue weighted by atomic mass is 19.4. The molecule has 2 amide bonds. The van der Waals surface area contributed by atoms with Gasteiger partial charge in [-0.1, -0.05) is 12.1 Å². The Balaban J connectivity index is 1.48. The molecule has 2 aliphatic heterocycles. The average Bonchev–Trinajstić information content (AvgIpc) is 3.23. The fourth-order valence-electron chi connectivity index (χ4n) is 4.21. The summed E-state index contributed by atoms with van der Waals surface area (Å²) in [6, 6.07) is 11.0. The molecular weight excluding hydrogens is 461 g/mol. The number of amides is 2. The molecular formula is C24H23F3N6O2. The molecule has 4 rings (SSSR count). The van der Waals surface area contributed by atoms with Gasteiger partial charge in [0.25, 0.3) is 5.91 Å². The lowest BCUT2D eigenvalue weighted by Gasteiger charge is -2.36. The highest BCUT2D eigenvalue weighted by molar-refractivity contribution is 6.05. The standard InChI is InChI=1S/C24H23F3N6O2/c1-15-14-32-21(19(13-30-32)22(34)31-18-6-2-4-17(10-18)11-28)23(35)33(15)20-8-7-16(12-29-20)5-3-9-24(25,26)27/h2,4,6-8,10,12,14,19,21,30H,3,5,9,13H2,1H3,(H,31,34). The van der Waals surface area contributed by atoms with Crippen molar-refractivity contribution in [2.75, 3.05) is 16.8 Å². The van der Waals surface area contributed by atoms with E-state index >= 15 is 0 Å². The van der Waals surface area contributed by atoms with E-state index in [0.29, 0.717) is 28.3 Å². The first-order chi connectivity index (χ1) is 16.7. The quantitative estimate of drug-likeness (QED) is 0.651. The van der Waals surface area contributed by atoms with Gasteiger partial charge in [-0.25, -0.2) is 10.4 Å². The molecule has 2 aromatic rings. The molecule has 3 heterocycles. The summed E-state index contributed by atoms with van der Waals surface area (Å²) >= 11 is 0. The molecule has 8 nitrogen and oxygen atoms in total. The van der Waals surface area contributed by atoms with Crippen molar-refractivity contribution < 1.29 is 22.8 Å².